The summed E-state index contributed by atoms with van der Waals surface area (Å²) >= 11 is 5.70. The molecule has 0 heterocycles. The molecule has 1 aromatic carbocycles. The average molecular weight is 403 g/mol. The first-order valence-corrected chi connectivity index (χ1v) is 15.4. The lowest BCUT2D eigenvalue weighted by Gasteiger charge is -2.46. The Hall–Kier alpha value is -1.32. The second kappa shape index (κ2) is 7.51. The number of hydrogen-bond donors (Lipinski definition) is 2. The van der Waals surface area contributed by atoms with Crippen LogP contribution in [-0.4, -0.2) is 21.3 Å². The van der Waals surface area contributed by atoms with Crippen LogP contribution in [0.15, 0.2) is 30.2 Å². The van der Waals surface area contributed by atoms with Crippen LogP contribution < -0.4 is 11.1 Å². The first-order valence-electron chi connectivity index (χ1n) is 8.09. The number of halogens is 2. The zero-order chi connectivity index (χ0) is 19.6. The van der Waals surface area contributed by atoms with Gasteiger partial charge in [0.05, 0.1) is 18.9 Å². The van der Waals surface area contributed by atoms with Crippen LogP contribution >= 0.6 is 11.6 Å². The van der Waals surface area contributed by atoms with Crippen molar-refractivity contribution < 1.29 is 13.6 Å². The summed E-state index contributed by atoms with van der Waals surface area (Å²) in [7, 11) is -3.75. The van der Waals surface area contributed by atoms with E-state index in [1.54, 1.807) is 0 Å². The molecule has 8 heteroatoms. The van der Waals surface area contributed by atoms with Crippen molar-refractivity contribution in [1.82, 2.24) is 0 Å². The first kappa shape index (κ1) is 21.7. The van der Waals surface area contributed by atoms with Crippen molar-refractivity contribution in [2.24, 2.45) is 5.73 Å². The van der Waals surface area contributed by atoms with Crippen molar-refractivity contribution in [1.29, 1.82) is 0 Å². The highest BCUT2D eigenvalue weighted by Gasteiger charge is 2.51. The van der Waals surface area contributed by atoms with E-state index >= 15 is 0 Å². The molecular weight excluding hydrogens is 375 g/mol. The Balaban J connectivity index is 2.86. The molecule has 1 aromatic rings. The van der Waals surface area contributed by atoms with Crippen LogP contribution in [0.2, 0.25) is 36.2 Å². The molecular formula is C17H28ClFN2O2Si2. The van der Waals surface area contributed by atoms with Gasteiger partial charge in [0.1, 0.15) is 11.5 Å². The second-order valence-corrected chi connectivity index (χ2v) is 23.9. The lowest BCUT2D eigenvalue weighted by molar-refractivity contribution is -0.113. The van der Waals surface area contributed by atoms with Gasteiger partial charge in [-0.15, -0.1) is 0 Å². The molecule has 1 rings (SSSR count). The molecule has 140 valence electrons. The standard InChI is InChI=1S/C17H28ClFN2O2Si2/c1-17(2,3)24(4,5)25(6,7)23-11-15(20)16(22)21-12-8-9-14(19)13(18)10-12/h8-11H,20H2,1-7H3,(H,21,22). The van der Waals surface area contributed by atoms with E-state index in [1.165, 1.54) is 24.5 Å². The minimum atomic E-state index is -2.05. The average Bonchev–Trinajstić information content (AvgIpc) is 2.47. The van der Waals surface area contributed by atoms with Crippen molar-refractivity contribution in [2.45, 2.75) is 52.0 Å². The van der Waals surface area contributed by atoms with Crippen molar-refractivity contribution in [3.8, 4) is 0 Å². The minimum Gasteiger partial charge on any atom is -0.550 e. The summed E-state index contributed by atoms with van der Waals surface area (Å²) < 4.78 is 19.2. The van der Waals surface area contributed by atoms with Crippen LogP contribution in [0.1, 0.15) is 20.8 Å². The third-order valence-corrected chi connectivity index (χ3v) is 24.7. The molecule has 1 amide bonds. The molecule has 0 radical (unpaired) electrons. The van der Waals surface area contributed by atoms with Gasteiger partial charge in [0.15, 0.2) is 0 Å². The molecule has 0 aromatic heterocycles. The molecule has 0 unspecified atom stereocenters. The molecule has 0 saturated heterocycles. The number of rotatable bonds is 5. The molecule has 0 spiro atoms. The van der Waals surface area contributed by atoms with E-state index in [2.05, 4.69) is 52.3 Å². The van der Waals surface area contributed by atoms with E-state index in [-0.39, 0.29) is 15.8 Å². The van der Waals surface area contributed by atoms with Gasteiger partial charge in [0.25, 0.3) is 5.91 Å². The Kier molecular flexibility index (Phi) is 6.53. The van der Waals surface area contributed by atoms with Crippen LogP contribution in [0.4, 0.5) is 10.1 Å². The minimum absolute atomic E-state index is 0.0280. The van der Waals surface area contributed by atoms with Gasteiger partial charge in [0, 0.05) is 5.69 Å². The van der Waals surface area contributed by atoms with E-state index < -0.39 is 27.2 Å². The summed E-state index contributed by atoms with van der Waals surface area (Å²) in [6, 6.07) is 3.93. The van der Waals surface area contributed by atoms with Gasteiger partial charge in [-0.3, -0.25) is 4.79 Å². The normalized spacial score (nSPS) is 13.6. The van der Waals surface area contributed by atoms with Gasteiger partial charge >= 0.3 is 0 Å². The summed E-state index contributed by atoms with van der Waals surface area (Å²) in [6.45, 7) is 15.6. The SMILES string of the molecule is CC(C)(C)[Si](C)(C)[Si](C)(C)OC=C(N)C(=O)Nc1ccc(F)c(Cl)c1. The third-order valence-electron chi connectivity index (χ3n) is 5.30. The number of carbonyl (C=O) groups is 1. The smallest absolute Gasteiger partial charge is 0.274 e. The van der Waals surface area contributed by atoms with Crippen LogP contribution in [-0.2, 0) is 9.22 Å². The molecule has 0 aliphatic rings. The van der Waals surface area contributed by atoms with Gasteiger partial charge in [-0.1, -0.05) is 45.5 Å². The lowest BCUT2D eigenvalue weighted by atomic mass is 10.2. The van der Waals surface area contributed by atoms with Gasteiger partial charge in [-0.05, 0) is 36.3 Å². The molecule has 3 N–H and O–H groups in total. The zero-order valence-corrected chi connectivity index (χ0v) is 18.7. The number of nitrogens with one attached hydrogen (secondary N) is 1. The van der Waals surface area contributed by atoms with Crippen LogP contribution in [0.25, 0.3) is 0 Å². The fraction of sp³-hybridized carbons (Fsp3) is 0.471. The monoisotopic (exact) mass is 402 g/mol. The van der Waals surface area contributed by atoms with Gasteiger partial charge in [-0.2, -0.15) is 0 Å². The van der Waals surface area contributed by atoms with Gasteiger partial charge in [0.2, 0.25) is 7.83 Å². The van der Waals surface area contributed by atoms with Gasteiger partial charge < -0.3 is 15.5 Å². The third kappa shape index (κ3) is 5.09. The Labute approximate surface area is 156 Å². The van der Waals surface area contributed by atoms with Crippen molar-refractivity contribution >= 4 is 38.6 Å². The van der Waals surface area contributed by atoms with E-state index in [4.69, 9.17) is 21.8 Å². The molecule has 0 bridgehead atoms. The quantitative estimate of drug-likeness (QED) is 0.412. The number of nitrogens with two attached hydrogens (primary N) is 1. The van der Waals surface area contributed by atoms with Crippen molar-refractivity contribution in [3.63, 3.8) is 0 Å². The van der Waals surface area contributed by atoms with E-state index in [0.29, 0.717) is 5.69 Å². The zero-order valence-electron chi connectivity index (χ0n) is 16.0. The Morgan fingerprint density at radius 1 is 1.28 bits per heavy atom. The Bertz CT molecular complexity index is 686. The molecule has 4 nitrogen and oxygen atoms in total. The van der Waals surface area contributed by atoms with Crippen LogP contribution in [0, 0.1) is 5.82 Å². The molecule has 0 aliphatic carbocycles. The highest BCUT2D eigenvalue weighted by Crippen LogP contribution is 2.42. The highest BCUT2D eigenvalue weighted by atomic mass is 35.5. The van der Waals surface area contributed by atoms with E-state index in [0.717, 1.165) is 0 Å². The summed E-state index contributed by atoms with van der Waals surface area (Å²) in [5, 5.41) is 2.69. The maximum Gasteiger partial charge on any atom is 0.274 e. The van der Waals surface area contributed by atoms with E-state index in [9.17, 15) is 9.18 Å². The first-order chi connectivity index (χ1) is 11.2. The second-order valence-electron chi connectivity index (χ2n) is 8.16. The maximum absolute atomic E-state index is 13.2. The lowest BCUT2D eigenvalue weighted by Crippen LogP contribution is -2.61. The molecule has 0 atom stereocenters. The topological polar surface area (TPSA) is 64.3 Å². The van der Waals surface area contributed by atoms with Crippen molar-refractivity contribution in [2.75, 3.05) is 5.32 Å². The Morgan fingerprint density at radius 3 is 2.32 bits per heavy atom. The van der Waals surface area contributed by atoms with Crippen LogP contribution in [0.3, 0.4) is 0 Å². The number of hydrogen-bond acceptors (Lipinski definition) is 3. The predicted octanol–water partition coefficient (Wildman–Crippen LogP) is 5.03. The largest absolute Gasteiger partial charge is 0.550 e. The number of amides is 1. The highest BCUT2D eigenvalue weighted by molar-refractivity contribution is 7.39. The van der Waals surface area contributed by atoms with Crippen molar-refractivity contribution in [3.05, 3.63) is 41.0 Å². The van der Waals surface area contributed by atoms with Gasteiger partial charge in [-0.25, -0.2) is 4.39 Å². The fourth-order valence-electron chi connectivity index (χ4n) is 2.09. The number of benzene rings is 1. The predicted molar refractivity (Wildman–Crippen MR) is 108 cm³/mol. The number of carbonyl (C=O) groups excluding carboxylic acids is 1. The Morgan fingerprint density at radius 2 is 1.84 bits per heavy atom. The molecule has 25 heavy (non-hydrogen) atoms. The summed E-state index contributed by atoms with van der Waals surface area (Å²) in [5.41, 5.74) is 6.19. The molecule has 0 fully saturated rings. The molecule has 0 aliphatic heterocycles. The maximum atomic E-state index is 13.2. The summed E-state index contributed by atoms with van der Waals surface area (Å²) in [5.74, 6) is -1.06. The number of anilines is 1. The van der Waals surface area contributed by atoms with Crippen LogP contribution in [0.5, 0.6) is 0 Å². The molecule has 0 saturated carbocycles. The summed E-state index contributed by atoms with van der Waals surface area (Å²) in [6.07, 6.45) is 1.35. The van der Waals surface area contributed by atoms with E-state index in [1.807, 2.05) is 0 Å². The summed E-state index contributed by atoms with van der Waals surface area (Å²) in [4.78, 5) is 12.2. The fourth-order valence-corrected chi connectivity index (χ4v) is 11.3.